The number of sulfonamides is 1. The number of benzene rings is 3. The van der Waals surface area contributed by atoms with E-state index in [2.05, 4.69) is 5.32 Å². The Kier molecular flexibility index (Phi) is 9.68. The number of carbonyl (C=O) groups excluding carboxylic acids is 2. The molecule has 0 unspecified atom stereocenters. The minimum Gasteiger partial charge on any atom is -0.497 e. The van der Waals surface area contributed by atoms with Gasteiger partial charge in [-0.1, -0.05) is 61.5 Å². The number of rotatable bonds is 12. The van der Waals surface area contributed by atoms with E-state index in [4.69, 9.17) is 4.74 Å². The Bertz CT molecular complexity index is 1280. The van der Waals surface area contributed by atoms with E-state index in [0.29, 0.717) is 18.6 Å². The van der Waals surface area contributed by atoms with Crippen LogP contribution in [0, 0.1) is 0 Å². The fraction of sp³-hybridized carbons (Fsp3) is 0.286. The number of likely N-dealkylation sites (N-methyl/N-ethyl adjacent to an activating group) is 1. The number of amides is 2. The molecule has 0 aliphatic heterocycles. The van der Waals surface area contributed by atoms with E-state index < -0.39 is 28.5 Å². The molecule has 1 atom stereocenters. The van der Waals surface area contributed by atoms with Gasteiger partial charge in [-0.25, -0.2) is 8.42 Å². The molecule has 0 saturated carbocycles. The summed E-state index contributed by atoms with van der Waals surface area (Å²) in [6.45, 7) is 1.60. The average Bonchev–Trinajstić information content (AvgIpc) is 2.94. The topological polar surface area (TPSA) is 96.0 Å². The minimum atomic E-state index is -4.10. The molecule has 3 aromatic rings. The zero-order chi connectivity index (χ0) is 26.8. The van der Waals surface area contributed by atoms with Gasteiger partial charge in [-0.3, -0.25) is 13.9 Å². The number of hydrogen-bond donors (Lipinski definition) is 1. The van der Waals surface area contributed by atoms with Gasteiger partial charge in [-0.05, 0) is 42.7 Å². The van der Waals surface area contributed by atoms with Gasteiger partial charge in [0.1, 0.15) is 18.3 Å². The van der Waals surface area contributed by atoms with Crippen molar-refractivity contribution in [2.45, 2.75) is 30.7 Å². The van der Waals surface area contributed by atoms with Crippen LogP contribution in [0.1, 0.15) is 18.9 Å². The number of ether oxygens (including phenoxy) is 1. The van der Waals surface area contributed by atoms with E-state index in [0.717, 1.165) is 9.87 Å². The zero-order valence-corrected chi connectivity index (χ0v) is 22.1. The molecule has 0 radical (unpaired) electrons. The molecular weight excluding hydrogens is 490 g/mol. The Morgan fingerprint density at radius 2 is 1.59 bits per heavy atom. The predicted molar refractivity (Wildman–Crippen MR) is 144 cm³/mol. The van der Waals surface area contributed by atoms with E-state index in [1.54, 1.807) is 42.5 Å². The first-order valence-corrected chi connectivity index (χ1v) is 13.5. The third-order valence-corrected chi connectivity index (χ3v) is 7.86. The number of methoxy groups -OCH3 is 1. The van der Waals surface area contributed by atoms with Crippen LogP contribution in [-0.4, -0.2) is 58.4 Å². The number of nitrogens with one attached hydrogen (secondary N) is 1. The summed E-state index contributed by atoms with van der Waals surface area (Å²) in [5.41, 5.74) is 1.29. The lowest BCUT2D eigenvalue weighted by Gasteiger charge is -2.33. The van der Waals surface area contributed by atoms with Crippen molar-refractivity contribution >= 4 is 27.5 Å². The van der Waals surface area contributed by atoms with E-state index in [9.17, 15) is 18.0 Å². The second-order valence-corrected chi connectivity index (χ2v) is 10.2. The summed E-state index contributed by atoms with van der Waals surface area (Å²) in [6.07, 6.45) is 0.898. The second kappa shape index (κ2) is 12.9. The summed E-state index contributed by atoms with van der Waals surface area (Å²) in [5, 5.41) is 2.62. The van der Waals surface area contributed by atoms with Crippen LogP contribution in [0.4, 0.5) is 5.69 Å². The molecule has 9 heteroatoms. The van der Waals surface area contributed by atoms with Crippen molar-refractivity contribution in [3.8, 4) is 5.75 Å². The summed E-state index contributed by atoms with van der Waals surface area (Å²) in [6, 6.07) is 23.4. The van der Waals surface area contributed by atoms with Crippen LogP contribution in [0.3, 0.4) is 0 Å². The molecule has 37 heavy (non-hydrogen) atoms. The Morgan fingerprint density at radius 1 is 0.946 bits per heavy atom. The molecular formula is C28H33N3O5S. The third kappa shape index (κ3) is 6.89. The third-order valence-electron chi connectivity index (χ3n) is 6.07. The van der Waals surface area contributed by atoms with E-state index in [1.165, 1.54) is 31.2 Å². The quantitative estimate of drug-likeness (QED) is 0.392. The molecule has 1 N–H and O–H groups in total. The fourth-order valence-corrected chi connectivity index (χ4v) is 5.50. The van der Waals surface area contributed by atoms with Gasteiger partial charge in [0.05, 0.1) is 17.7 Å². The van der Waals surface area contributed by atoms with Crippen molar-refractivity contribution in [3.63, 3.8) is 0 Å². The Balaban J connectivity index is 2.01. The maximum absolute atomic E-state index is 13.8. The molecule has 0 aromatic heterocycles. The lowest BCUT2D eigenvalue weighted by molar-refractivity contribution is -0.139. The van der Waals surface area contributed by atoms with Crippen molar-refractivity contribution < 1.29 is 22.7 Å². The van der Waals surface area contributed by atoms with Crippen LogP contribution in [0.5, 0.6) is 5.75 Å². The molecule has 0 bridgehead atoms. The van der Waals surface area contributed by atoms with Gasteiger partial charge in [0.25, 0.3) is 10.0 Å². The van der Waals surface area contributed by atoms with Crippen LogP contribution in [0.25, 0.3) is 0 Å². The molecule has 3 rings (SSSR count). The average molecular weight is 524 g/mol. The fourth-order valence-electron chi connectivity index (χ4n) is 4.08. The van der Waals surface area contributed by atoms with Gasteiger partial charge < -0.3 is 15.0 Å². The number of carbonyl (C=O) groups is 2. The molecule has 0 aliphatic rings. The molecule has 0 aliphatic carbocycles. The van der Waals surface area contributed by atoms with Gasteiger partial charge in [-0.15, -0.1) is 0 Å². The van der Waals surface area contributed by atoms with Gasteiger partial charge in [0.2, 0.25) is 11.8 Å². The number of nitrogens with zero attached hydrogens (tertiary/aromatic N) is 2. The smallest absolute Gasteiger partial charge is 0.264 e. The highest BCUT2D eigenvalue weighted by Gasteiger charge is 2.33. The molecule has 0 heterocycles. The van der Waals surface area contributed by atoms with Gasteiger partial charge in [0, 0.05) is 19.7 Å². The molecule has 0 fully saturated rings. The second-order valence-electron chi connectivity index (χ2n) is 8.39. The molecule has 0 saturated heterocycles. The maximum atomic E-state index is 13.8. The van der Waals surface area contributed by atoms with Gasteiger partial charge in [-0.2, -0.15) is 0 Å². The largest absolute Gasteiger partial charge is 0.497 e. The lowest BCUT2D eigenvalue weighted by atomic mass is 10.1. The highest BCUT2D eigenvalue weighted by molar-refractivity contribution is 7.92. The first-order valence-electron chi connectivity index (χ1n) is 12.1. The summed E-state index contributed by atoms with van der Waals surface area (Å²) >= 11 is 0. The summed E-state index contributed by atoms with van der Waals surface area (Å²) in [5.74, 6) is -0.326. The van der Waals surface area contributed by atoms with Crippen LogP contribution < -0.4 is 14.4 Å². The molecule has 196 valence electrons. The van der Waals surface area contributed by atoms with Crippen molar-refractivity contribution in [1.29, 1.82) is 0 Å². The van der Waals surface area contributed by atoms with E-state index >= 15 is 0 Å². The maximum Gasteiger partial charge on any atom is 0.264 e. The highest BCUT2D eigenvalue weighted by Crippen LogP contribution is 2.27. The summed E-state index contributed by atoms with van der Waals surface area (Å²) in [4.78, 5) is 28.0. The first-order chi connectivity index (χ1) is 17.8. The van der Waals surface area contributed by atoms with Crippen molar-refractivity contribution in [2.75, 3.05) is 31.6 Å². The van der Waals surface area contributed by atoms with Crippen LogP contribution in [0.15, 0.2) is 89.8 Å². The standard InChI is InChI=1S/C28H33N3O5S/c1-4-26(28(33)29-2)30(19-18-22-12-7-5-8-13-22)27(32)21-31(23-14-11-15-24(20-23)36-3)37(34,35)25-16-9-6-10-17-25/h5-17,20,26H,4,18-19,21H2,1-3H3,(H,29,33)/t26-/m1/s1. The number of anilines is 1. The van der Waals surface area contributed by atoms with Gasteiger partial charge >= 0.3 is 0 Å². The van der Waals surface area contributed by atoms with Gasteiger partial charge in [0.15, 0.2) is 0 Å². The predicted octanol–water partition coefficient (Wildman–Crippen LogP) is 3.49. The van der Waals surface area contributed by atoms with Crippen LogP contribution in [0.2, 0.25) is 0 Å². The SMILES string of the molecule is CC[C@H](C(=O)NC)N(CCc1ccccc1)C(=O)CN(c1cccc(OC)c1)S(=O)(=O)c1ccccc1. The van der Waals surface area contributed by atoms with Crippen LogP contribution in [-0.2, 0) is 26.0 Å². The van der Waals surface area contributed by atoms with Crippen molar-refractivity contribution in [1.82, 2.24) is 10.2 Å². The Hall–Kier alpha value is -3.85. The molecule has 0 spiro atoms. The molecule has 2 amide bonds. The normalized spacial score (nSPS) is 11.9. The minimum absolute atomic E-state index is 0.0554. The summed E-state index contributed by atoms with van der Waals surface area (Å²) in [7, 11) is -1.10. The first kappa shape index (κ1) is 27.7. The Labute approximate surface area is 218 Å². The highest BCUT2D eigenvalue weighted by atomic mass is 32.2. The Morgan fingerprint density at radius 3 is 2.19 bits per heavy atom. The summed E-state index contributed by atoms with van der Waals surface area (Å²) < 4.78 is 33.8. The monoisotopic (exact) mass is 523 g/mol. The zero-order valence-electron chi connectivity index (χ0n) is 21.3. The van der Waals surface area contributed by atoms with Crippen molar-refractivity contribution in [3.05, 3.63) is 90.5 Å². The van der Waals surface area contributed by atoms with Crippen molar-refractivity contribution in [2.24, 2.45) is 0 Å². The molecule has 3 aromatic carbocycles. The van der Waals surface area contributed by atoms with E-state index in [-0.39, 0.29) is 23.0 Å². The lowest BCUT2D eigenvalue weighted by Crippen LogP contribution is -2.52. The number of hydrogen-bond acceptors (Lipinski definition) is 5. The molecule has 8 nitrogen and oxygen atoms in total. The van der Waals surface area contributed by atoms with E-state index in [1.807, 2.05) is 37.3 Å². The van der Waals surface area contributed by atoms with Crippen LogP contribution >= 0.6 is 0 Å².